The third-order valence-corrected chi connectivity index (χ3v) is 5.83. The Balaban J connectivity index is 1.81. The molecule has 0 spiro atoms. The summed E-state index contributed by atoms with van der Waals surface area (Å²) in [6, 6.07) is 14.9. The third-order valence-electron chi connectivity index (χ3n) is 4.94. The van der Waals surface area contributed by atoms with E-state index in [1.165, 1.54) is 13.8 Å². The Hall–Kier alpha value is -3.24. The van der Waals surface area contributed by atoms with Crippen molar-refractivity contribution in [1.29, 1.82) is 0 Å². The minimum atomic E-state index is -1.76. The number of benzene rings is 2. The van der Waals surface area contributed by atoms with Gasteiger partial charge in [-0.3, -0.25) is 9.59 Å². The molecule has 0 amide bonds. The maximum absolute atomic E-state index is 12.7. The largest absolute Gasteiger partial charge is 0.497 e. The normalized spacial score (nSPS) is 16.7. The van der Waals surface area contributed by atoms with E-state index in [0.717, 1.165) is 16.9 Å². The monoisotopic (exact) mass is 466 g/mol. The van der Waals surface area contributed by atoms with Crippen LogP contribution in [-0.4, -0.2) is 32.9 Å². The standard InChI is InChI=1S/C26H30O6Si/c1-26(2)31-24(27)23(25(28)32-26)22(15-16-33(4,5)6)19-9-13-21(14-10-19)30-17-18-7-11-20(29-3)12-8-18/h7-14,22-23H,17H2,1-6H3. The molecule has 0 bridgehead atoms. The topological polar surface area (TPSA) is 71.1 Å². The van der Waals surface area contributed by atoms with E-state index in [1.54, 1.807) is 7.11 Å². The van der Waals surface area contributed by atoms with Crippen LogP contribution in [0.25, 0.3) is 0 Å². The predicted octanol–water partition coefficient (Wildman–Crippen LogP) is 4.69. The summed E-state index contributed by atoms with van der Waals surface area (Å²) in [5.74, 6) is 0.325. The Morgan fingerprint density at radius 3 is 2.00 bits per heavy atom. The fourth-order valence-corrected chi connectivity index (χ4v) is 3.90. The van der Waals surface area contributed by atoms with Gasteiger partial charge in [0.05, 0.1) is 13.0 Å². The Morgan fingerprint density at radius 1 is 0.939 bits per heavy atom. The lowest BCUT2D eigenvalue weighted by Gasteiger charge is -2.34. The first-order valence-corrected chi connectivity index (χ1v) is 14.3. The van der Waals surface area contributed by atoms with Crippen molar-refractivity contribution in [3.8, 4) is 23.0 Å². The van der Waals surface area contributed by atoms with Gasteiger partial charge in [-0.2, -0.15) is 0 Å². The minimum absolute atomic E-state index is 0.401. The molecule has 0 aromatic heterocycles. The highest BCUT2D eigenvalue weighted by molar-refractivity contribution is 6.83. The van der Waals surface area contributed by atoms with Gasteiger partial charge in [0.15, 0.2) is 5.92 Å². The van der Waals surface area contributed by atoms with Crippen LogP contribution in [0.5, 0.6) is 11.5 Å². The molecule has 0 N–H and O–H groups in total. The molecular formula is C26H30O6Si. The maximum Gasteiger partial charge on any atom is 0.325 e. The maximum atomic E-state index is 12.7. The lowest BCUT2D eigenvalue weighted by molar-refractivity contribution is -0.240. The summed E-state index contributed by atoms with van der Waals surface area (Å²) in [4.78, 5) is 25.4. The van der Waals surface area contributed by atoms with Crippen molar-refractivity contribution in [3.05, 3.63) is 59.7 Å². The van der Waals surface area contributed by atoms with Gasteiger partial charge in [-0.1, -0.05) is 43.9 Å². The molecule has 1 fully saturated rings. The van der Waals surface area contributed by atoms with Crippen molar-refractivity contribution in [3.63, 3.8) is 0 Å². The molecule has 1 aliphatic rings. The van der Waals surface area contributed by atoms with Gasteiger partial charge in [0.1, 0.15) is 26.2 Å². The van der Waals surface area contributed by atoms with Crippen LogP contribution >= 0.6 is 0 Å². The summed E-state index contributed by atoms with van der Waals surface area (Å²) in [7, 11) is -0.129. The molecule has 1 aliphatic heterocycles. The molecule has 2 aromatic rings. The zero-order chi connectivity index (χ0) is 24.2. The van der Waals surface area contributed by atoms with Crippen LogP contribution < -0.4 is 9.47 Å². The summed E-state index contributed by atoms with van der Waals surface area (Å²) in [6.07, 6.45) is 0. The van der Waals surface area contributed by atoms with Crippen LogP contribution in [0.1, 0.15) is 30.9 Å². The fraction of sp³-hybridized carbons (Fsp3) is 0.385. The van der Waals surface area contributed by atoms with Gasteiger partial charge in [0, 0.05) is 13.8 Å². The van der Waals surface area contributed by atoms with E-state index in [0.29, 0.717) is 12.4 Å². The summed E-state index contributed by atoms with van der Waals surface area (Å²) < 4.78 is 21.7. The molecule has 0 aliphatic carbocycles. The summed E-state index contributed by atoms with van der Waals surface area (Å²) in [6.45, 7) is 9.79. The average Bonchev–Trinajstić information content (AvgIpc) is 2.73. The summed E-state index contributed by atoms with van der Waals surface area (Å²) in [5, 5.41) is 0. The Kier molecular flexibility index (Phi) is 7.18. The van der Waals surface area contributed by atoms with Gasteiger partial charge < -0.3 is 18.9 Å². The first-order chi connectivity index (χ1) is 15.5. The molecule has 1 atom stereocenters. The van der Waals surface area contributed by atoms with Gasteiger partial charge in [0.2, 0.25) is 0 Å². The first kappa shape index (κ1) is 24.4. The van der Waals surface area contributed by atoms with Crippen molar-refractivity contribution in [2.75, 3.05) is 7.11 Å². The number of carbonyl (C=O) groups excluding carboxylic acids is 2. The number of hydrogen-bond acceptors (Lipinski definition) is 6. The summed E-state index contributed by atoms with van der Waals surface area (Å²) in [5.41, 5.74) is 5.02. The van der Waals surface area contributed by atoms with Gasteiger partial charge in [-0.05, 0) is 35.4 Å². The quantitative estimate of drug-likeness (QED) is 0.266. The van der Waals surface area contributed by atoms with Crippen molar-refractivity contribution < 1.29 is 28.5 Å². The first-order valence-electron chi connectivity index (χ1n) is 10.8. The van der Waals surface area contributed by atoms with E-state index in [1.807, 2.05) is 48.5 Å². The second-order valence-corrected chi connectivity index (χ2v) is 14.2. The zero-order valence-corrected chi connectivity index (χ0v) is 20.9. The summed E-state index contributed by atoms with van der Waals surface area (Å²) >= 11 is 0. The molecule has 33 heavy (non-hydrogen) atoms. The molecule has 7 heteroatoms. The van der Waals surface area contributed by atoms with E-state index in [4.69, 9.17) is 18.9 Å². The van der Waals surface area contributed by atoms with E-state index in [-0.39, 0.29) is 0 Å². The molecule has 0 saturated carbocycles. The molecule has 174 valence electrons. The highest BCUT2D eigenvalue weighted by Crippen LogP contribution is 2.34. The number of methoxy groups -OCH3 is 1. The van der Waals surface area contributed by atoms with Crippen LogP contribution in [0.15, 0.2) is 48.5 Å². The lowest BCUT2D eigenvalue weighted by atomic mass is 9.86. The van der Waals surface area contributed by atoms with Gasteiger partial charge in [-0.25, -0.2) is 0 Å². The third kappa shape index (κ3) is 6.62. The van der Waals surface area contributed by atoms with Crippen LogP contribution in [0.3, 0.4) is 0 Å². The van der Waals surface area contributed by atoms with Gasteiger partial charge in [0.25, 0.3) is 5.79 Å². The van der Waals surface area contributed by atoms with Crippen LogP contribution in [0, 0.1) is 17.4 Å². The van der Waals surface area contributed by atoms with Crippen LogP contribution in [0.2, 0.25) is 19.6 Å². The highest BCUT2D eigenvalue weighted by atomic mass is 28.3. The highest BCUT2D eigenvalue weighted by Gasteiger charge is 2.47. The van der Waals surface area contributed by atoms with Crippen LogP contribution in [-0.2, 0) is 25.7 Å². The molecule has 6 nitrogen and oxygen atoms in total. The van der Waals surface area contributed by atoms with Crippen molar-refractivity contribution in [1.82, 2.24) is 0 Å². The number of rotatable bonds is 6. The number of ether oxygens (including phenoxy) is 4. The molecule has 2 aromatic carbocycles. The van der Waals surface area contributed by atoms with E-state index < -0.39 is 37.6 Å². The second kappa shape index (κ2) is 9.71. The number of cyclic esters (lactones) is 2. The van der Waals surface area contributed by atoms with E-state index in [2.05, 4.69) is 31.1 Å². The number of esters is 2. The average molecular weight is 467 g/mol. The lowest BCUT2D eigenvalue weighted by Crippen LogP contribution is -2.48. The smallest absolute Gasteiger partial charge is 0.325 e. The molecule has 0 radical (unpaired) electrons. The van der Waals surface area contributed by atoms with Crippen molar-refractivity contribution >= 4 is 20.0 Å². The van der Waals surface area contributed by atoms with Gasteiger partial charge in [-0.15, -0.1) is 11.5 Å². The van der Waals surface area contributed by atoms with Crippen molar-refractivity contribution in [2.24, 2.45) is 5.92 Å². The molecule has 1 heterocycles. The Bertz CT molecular complexity index is 1040. The van der Waals surface area contributed by atoms with Crippen molar-refractivity contribution in [2.45, 2.75) is 51.8 Å². The molecule has 3 rings (SSSR count). The second-order valence-electron chi connectivity index (χ2n) is 9.42. The number of hydrogen-bond donors (Lipinski definition) is 0. The molecular weight excluding hydrogens is 436 g/mol. The predicted molar refractivity (Wildman–Crippen MR) is 127 cm³/mol. The molecule has 1 saturated heterocycles. The molecule has 1 unspecified atom stereocenters. The number of carbonyl (C=O) groups is 2. The van der Waals surface area contributed by atoms with E-state index >= 15 is 0 Å². The SMILES string of the molecule is COc1ccc(COc2ccc(C(C#C[Si](C)(C)C)C3C(=O)OC(C)(C)OC3=O)cc2)cc1. The Morgan fingerprint density at radius 2 is 1.48 bits per heavy atom. The Labute approximate surface area is 196 Å². The van der Waals surface area contributed by atoms with Gasteiger partial charge >= 0.3 is 11.9 Å². The van der Waals surface area contributed by atoms with Crippen LogP contribution in [0.4, 0.5) is 0 Å². The minimum Gasteiger partial charge on any atom is -0.497 e. The van der Waals surface area contributed by atoms with E-state index in [9.17, 15) is 9.59 Å². The fourth-order valence-electron chi connectivity index (χ4n) is 3.31. The zero-order valence-electron chi connectivity index (χ0n) is 19.9.